The lowest BCUT2D eigenvalue weighted by Crippen LogP contribution is -1.88. The van der Waals surface area contributed by atoms with E-state index < -0.39 is 7.60 Å². The van der Waals surface area contributed by atoms with Gasteiger partial charge < -0.3 is 9.79 Å². The Bertz CT molecular complexity index is 360. The molecule has 0 radical (unpaired) electrons. The fraction of sp³-hybridized carbons (Fsp3) is 1.00. The highest BCUT2D eigenvalue weighted by atomic mass is 35.5. The molecule has 0 rings (SSSR count). The predicted molar refractivity (Wildman–Crippen MR) is 129 cm³/mol. The van der Waals surface area contributed by atoms with Crippen LogP contribution in [-0.4, -0.2) is 21.8 Å². The molecule has 0 aliphatic rings. The zero-order valence-electron chi connectivity index (χ0n) is 19.1. The van der Waals surface area contributed by atoms with Crippen molar-refractivity contribution in [1.29, 1.82) is 0 Å². The summed E-state index contributed by atoms with van der Waals surface area (Å²) in [6.07, 6.45) is 28.8. The summed E-state index contributed by atoms with van der Waals surface area (Å²) in [6, 6.07) is 0. The number of rotatable bonds is 24. The molecule has 0 bridgehead atoms. The van der Waals surface area contributed by atoms with E-state index in [1.807, 2.05) is 0 Å². The van der Waals surface area contributed by atoms with E-state index in [2.05, 4.69) is 0 Å². The maximum Gasteiger partial charge on any atom is 0.325 e. The summed E-state index contributed by atoms with van der Waals surface area (Å²) in [7, 11) is -3.77. The molecule has 0 unspecified atom stereocenters. The first kappa shape index (κ1) is 29.4. The molecule has 29 heavy (non-hydrogen) atoms. The molecule has 0 aromatic heterocycles. The molecule has 0 fully saturated rings. The Morgan fingerprint density at radius 2 is 0.621 bits per heavy atom. The Kier molecular flexibility index (Phi) is 23.5. The van der Waals surface area contributed by atoms with Crippen molar-refractivity contribution in [3.8, 4) is 0 Å². The van der Waals surface area contributed by atoms with Gasteiger partial charge in [0.15, 0.2) is 0 Å². The van der Waals surface area contributed by atoms with Gasteiger partial charge in [0.1, 0.15) is 0 Å². The van der Waals surface area contributed by atoms with Crippen LogP contribution in [0.1, 0.15) is 141 Å². The summed E-state index contributed by atoms with van der Waals surface area (Å²) in [5.74, 6) is 0.827. The highest BCUT2D eigenvalue weighted by molar-refractivity contribution is 7.51. The van der Waals surface area contributed by atoms with Gasteiger partial charge in [-0.1, -0.05) is 128 Å². The maximum atomic E-state index is 10.7. The molecule has 0 saturated carbocycles. The van der Waals surface area contributed by atoms with Crippen LogP contribution >= 0.6 is 19.2 Å². The first-order chi connectivity index (χ1) is 14.1. The Labute approximate surface area is 186 Å². The van der Waals surface area contributed by atoms with Gasteiger partial charge in [0, 0.05) is 12.0 Å². The van der Waals surface area contributed by atoms with Gasteiger partial charge in [-0.05, 0) is 12.8 Å². The molecular weight excluding hydrogens is 403 g/mol. The smallest absolute Gasteiger partial charge is 0.324 e. The highest BCUT2D eigenvalue weighted by Gasteiger charge is 2.10. The minimum atomic E-state index is -3.77. The van der Waals surface area contributed by atoms with E-state index in [-0.39, 0.29) is 6.16 Å². The third kappa shape index (κ3) is 28.4. The summed E-state index contributed by atoms with van der Waals surface area (Å²) in [5, 5.41) is 0. The van der Waals surface area contributed by atoms with Gasteiger partial charge in [0.25, 0.3) is 0 Å². The molecule has 0 atom stereocenters. The molecule has 0 aromatic carbocycles. The Balaban J connectivity index is 3.02. The van der Waals surface area contributed by atoms with Crippen molar-refractivity contribution in [2.45, 2.75) is 141 Å². The first-order valence-corrected chi connectivity index (χ1v) is 15.0. The van der Waals surface area contributed by atoms with Gasteiger partial charge in [-0.3, -0.25) is 4.57 Å². The number of halogens is 1. The lowest BCUT2D eigenvalue weighted by Gasteiger charge is -2.05. The quantitative estimate of drug-likeness (QED) is 0.0872. The average Bonchev–Trinajstić information content (AvgIpc) is 2.67. The van der Waals surface area contributed by atoms with Crippen molar-refractivity contribution in [2.75, 3.05) is 12.0 Å². The molecule has 2 N–H and O–H groups in total. The molecule has 0 amide bonds. The zero-order chi connectivity index (χ0) is 21.5. The minimum Gasteiger partial charge on any atom is -0.324 e. The van der Waals surface area contributed by atoms with Crippen molar-refractivity contribution in [2.24, 2.45) is 0 Å². The van der Waals surface area contributed by atoms with Crippen LogP contribution in [-0.2, 0) is 4.57 Å². The van der Waals surface area contributed by atoms with Crippen molar-refractivity contribution < 1.29 is 14.4 Å². The summed E-state index contributed by atoms with van der Waals surface area (Å²) < 4.78 is 10.7. The second-order valence-corrected chi connectivity index (χ2v) is 11.0. The van der Waals surface area contributed by atoms with Crippen LogP contribution in [0.4, 0.5) is 0 Å². The molecule has 0 aliphatic heterocycles. The van der Waals surface area contributed by atoms with Crippen LogP contribution in [0.5, 0.6) is 0 Å². The summed E-state index contributed by atoms with van der Waals surface area (Å²) in [5.41, 5.74) is 0. The monoisotopic (exact) mass is 452 g/mol. The maximum absolute atomic E-state index is 10.7. The van der Waals surface area contributed by atoms with Gasteiger partial charge in [-0.15, -0.1) is 11.6 Å². The van der Waals surface area contributed by atoms with Crippen molar-refractivity contribution in [3.05, 3.63) is 0 Å². The molecule has 0 saturated heterocycles. The molecule has 0 spiro atoms. The van der Waals surface area contributed by atoms with Gasteiger partial charge in [0.2, 0.25) is 0 Å². The molecular formula is C24H50ClO3P. The van der Waals surface area contributed by atoms with Crippen LogP contribution in [0.15, 0.2) is 0 Å². The predicted octanol–water partition coefficient (Wildman–Crippen LogP) is 8.99. The van der Waals surface area contributed by atoms with Crippen LogP contribution in [0.3, 0.4) is 0 Å². The van der Waals surface area contributed by atoms with E-state index in [1.165, 1.54) is 122 Å². The van der Waals surface area contributed by atoms with Crippen molar-refractivity contribution in [3.63, 3.8) is 0 Å². The number of unbranched alkanes of at least 4 members (excludes halogenated alkanes) is 21. The van der Waals surface area contributed by atoms with Crippen LogP contribution in [0, 0.1) is 0 Å². The fourth-order valence-electron chi connectivity index (χ4n) is 3.95. The van der Waals surface area contributed by atoms with Crippen LogP contribution in [0.2, 0.25) is 0 Å². The lowest BCUT2D eigenvalue weighted by atomic mass is 10.0. The van der Waals surface area contributed by atoms with Gasteiger partial charge in [0.05, 0.1) is 0 Å². The molecule has 5 heteroatoms. The van der Waals surface area contributed by atoms with Gasteiger partial charge in [-0.25, -0.2) is 0 Å². The molecule has 3 nitrogen and oxygen atoms in total. The van der Waals surface area contributed by atoms with Gasteiger partial charge in [-0.2, -0.15) is 0 Å². The Hall–Kier alpha value is 0.440. The molecule has 0 heterocycles. The van der Waals surface area contributed by atoms with E-state index in [1.54, 1.807) is 0 Å². The third-order valence-electron chi connectivity index (χ3n) is 5.83. The van der Waals surface area contributed by atoms with E-state index in [0.717, 1.165) is 18.7 Å². The van der Waals surface area contributed by atoms with E-state index >= 15 is 0 Å². The third-order valence-corrected chi connectivity index (χ3v) is 7.00. The highest BCUT2D eigenvalue weighted by Crippen LogP contribution is 2.35. The van der Waals surface area contributed by atoms with E-state index in [9.17, 15) is 4.57 Å². The zero-order valence-corrected chi connectivity index (χ0v) is 20.7. The van der Waals surface area contributed by atoms with Crippen molar-refractivity contribution >= 4 is 19.2 Å². The van der Waals surface area contributed by atoms with Crippen LogP contribution < -0.4 is 0 Å². The SMILES string of the molecule is O=P(O)(O)CCCCCCCCCCCCCCCCCCCCCCCCCl. The largest absolute Gasteiger partial charge is 0.325 e. The average molecular weight is 453 g/mol. The number of alkyl halides is 1. The second kappa shape index (κ2) is 23.1. The first-order valence-electron chi connectivity index (χ1n) is 12.7. The normalized spacial score (nSPS) is 12.0. The number of hydrogen-bond donors (Lipinski definition) is 2. The van der Waals surface area contributed by atoms with E-state index in [0.29, 0.717) is 6.42 Å². The standard InChI is InChI=1S/C24H50ClO3P/c25-23-21-19-17-15-13-11-9-7-5-3-1-2-4-6-8-10-12-14-16-18-20-22-24-29(26,27)28/h1-24H2,(H2,26,27,28). The molecule has 0 aliphatic carbocycles. The summed E-state index contributed by atoms with van der Waals surface area (Å²) in [6.45, 7) is 0. The van der Waals surface area contributed by atoms with Gasteiger partial charge >= 0.3 is 7.60 Å². The van der Waals surface area contributed by atoms with Crippen LogP contribution in [0.25, 0.3) is 0 Å². The van der Waals surface area contributed by atoms with E-state index in [4.69, 9.17) is 21.4 Å². The summed E-state index contributed by atoms with van der Waals surface area (Å²) in [4.78, 5) is 17.6. The lowest BCUT2D eigenvalue weighted by molar-refractivity contribution is 0.370. The minimum absolute atomic E-state index is 0.0583. The molecule has 0 aromatic rings. The Morgan fingerprint density at radius 1 is 0.414 bits per heavy atom. The Morgan fingerprint density at radius 3 is 0.828 bits per heavy atom. The summed E-state index contributed by atoms with van der Waals surface area (Å²) >= 11 is 5.69. The molecule has 176 valence electrons. The number of hydrogen-bond acceptors (Lipinski definition) is 1. The second-order valence-electron chi connectivity index (χ2n) is 8.86. The fourth-order valence-corrected chi connectivity index (χ4v) is 4.77. The van der Waals surface area contributed by atoms with Crippen molar-refractivity contribution in [1.82, 2.24) is 0 Å². The topological polar surface area (TPSA) is 57.5 Å².